The molecule has 5 rings (SSSR count). The minimum absolute atomic E-state index is 0.0413. The third kappa shape index (κ3) is 10.5. The van der Waals surface area contributed by atoms with E-state index in [0.29, 0.717) is 37.1 Å². The Labute approximate surface area is 318 Å². The van der Waals surface area contributed by atoms with E-state index in [1.807, 2.05) is 19.9 Å². The number of nitrogens with zero attached hydrogens (tertiary/aromatic N) is 4. The number of nitrogens with two attached hydrogens (primary N) is 2. The topological polar surface area (TPSA) is 242 Å². The van der Waals surface area contributed by atoms with E-state index < -0.39 is 59.7 Å². The fourth-order valence-electron chi connectivity index (χ4n) is 6.75. The van der Waals surface area contributed by atoms with E-state index in [9.17, 15) is 28.8 Å². The van der Waals surface area contributed by atoms with Crippen LogP contribution in [0.3, 0.4) is 0 Å². The maximum absolute atomic E-state index is 14.6. The molecule has 0 aliphatic carbocycles. The predicted octanol–water partition coefficient (Wildman–Crippen LogP) is 1.31. The number of likely N-dealkylation sites (tertiary alicyclic amines) is 1. The van der Waals surface area contributed by atoms with Gasteiger partial charge in [-0.3, -0.25) is 28.9 Å². The summed E-state index contributed by atoms with van der Waals surface area (Å²) in [6, 6.07) is 9.51. The lowest BCUT2D eigenvalue weighted by atomic mass is 9.99. The average molecular weight is 753 g/mol. The molecule has 4 aromatic rings. The fraction of sp³-hybridized carbons (Fsp3) is 0.385. The standard InChI is InChI=1S/C39H48N10O6/c1-24(2)14-30(21-50)49(37(53)26-10-6-11-27(40)16-26)39(55)33(18-29-20-43-23-45-29)47-35(51)32(15-25-8-4-3-5-9-25)46-36(52)34-12-7-13-48(34)38(54)31(41)17-28-19-42-22-44-28/h3-6,8-11,16,19-24,30-34H,7,12-15,17-18,40-41H2,1-2H3,(H,42,44)(H,43,45)(H,46,52)(H,47,51)/t30-,31-,32-,33-,34-/m0/s1. The van der Waals surface area contributed by atoms with Crippen LogP contribution in [0.5, 0.6) is 0 Å². The molecule has 0 spiro atoms. The van der Waals surface area contributed by atoms with Gasteiger partial charge in [0.2, 0.25) is 17.7 Å². The monoisotopic (exact) mass is 752 g/mol. The van der Waals surface area contributed by atoms with Crippen LogP contribution >= 0.6 is 0 Å². The lowest BCUT2D eigenvalue weighted by molar-refractivity contribution is -0.141. The van der Waals surface area contributed by atoms with Gasteiger partial charge in [-0.2, -0.15) is 0 Å². The van der Waals surface area contributed by atoms with Gasteiger partial charge in [-0.25, -0.2) is 9.97 Å². The first-order valence-electron chi connectivity index (χ1n) is 18.3. The van der Waals surface area contributed by atoms with Gasteiger partial charge in [0.15, 0.2) is 0 Å². The summed E-state index contributed by atoms with van der Waals surface area (Å²) in [6.45, 7) is 4.03. The summed E-state index contributed by atoms with van der Waals surface area (Å²) in [7, 11) is 0. The third-order valence-corrected chi connectivity index (χ3v) is 9.45. The second-order valence-electron chi connectivity index (χ2n) is 14.1. The maximum atomic E-state index is 14.6. The molecule has 290 valence electrons. The first-order chi connectivity index (χ1) is 26.4. The van der Waals surface area contributed by atoms with Crippen molar-refractivity contribution in [1.29, 1.82) is 0 Å². The summed E-state index contributed by atoms with van der Waals surface area (Å²) in [5, 5.41) is 5.62. The molecule has 16 heteroatoms. The summed E-state index contributed by atoms with van der Waals surface area (Å²) >= 11 is 0. The van der Waals surface area contributed by atoms with E-state index in [4.69, 9.17) is 11.5 Å². The number of anilines is 1. The highest BCUT2D eigenvalue weighted by molar-refractivity contribution is 6.09. The van der Waals surface area contributed by atoms with Gasteiger partial charge >= 0.3 is 0 Å². The second-order valence-corrected chi connectivity index (χ2v) is 14.1. The van der Waals surface area contributed by atoms with Crippen LogP contribution in [0.2, 0.25) is 0 Å². The zero-order valence-corrected chi connectivity index (χ0v) is 30.9. The van der Waals surface area contributed by atoms with Gasteiger partial charge in [-0.05, 0) is 48.9 Å². The van der Waals surface area contributed by atoms with Crippen molar-refractivity contribution in [2.45, 2.75) is 82.6 Å². The number of imidazole rings is 2. The third-order valence-electron chi connectivity index (χ3n) is 9.45. The molecule has 1 saturated heterocycles. The zero-order chi connectivity index (χ0) is 39.5. The van der Waals surface area contributed by atoms with Gasteiger partial charge in [-0.15, -0.1) is 0 Å². The molecule has 2 aromatic heterocycles. The number of H-pyrrole nitrogens is 2. The van der Waals surface area contributed by atoms with Gasteiger partial charge in [-0.1, -0.05) is 50.2 Å². The molecule has 16 nitrogen and oxygen atoms in total. The van der Waals surface area contributed by atoms with Crippen LogP contribution < -0.4 is 22.1 Å². The van der Waals surface area contributed by atoms with Crippen molar-refractivity contribution in [2.24, 2.45) is 11.7 Å². The molecule has 0 radical (unpaired) electrons. The molecule has 5 atom stereocenters. The molecule has 55 heavy (non-hydrogen) atoms. The maximum Gasteiger partial charge on any atom is 0.261 e. The number of imide groups is 1. The lowest BCUT2D eigenvalue weighted by Crippen LogP contribution is -2.60. The smallest absolute Gasteiger partial charge is 0.261 e. The van der Waals surface area contributed by atoms with Crippen molar-refractivity contribution in [3.63, 3.8) is 0 Å². The average Bonchev–Trinajstić information content (AvgIpc) is 3.98. The molecular formula is C39H48N10O6. The number of hydrogen-bond acceptors (Lipinski definition) is 10. The number of benzene rings is 2. The highest BCUT2D eigenvalue weighted by atomic mass is 16.2. The van der Waals surface area contributed by atoms with Crippen molar-refractivity contribution >= 4 is 41.5 Å². The van der Waals surface area contributed by atoms with Gasteiger partial charge in [0.05, 0.1) is 24.7 Å². The minimum atomic E-state index is -1.38. The SMILES string of the molecule is CC(C)C[C@@H](C=O)N(C(=O)c1cccc(N)c1)C(=O)[C@H](Cc1cnc[nH]1)NC(=O)[C@H](Cc1ccccc1)NC(=O)[C@@H]1CCCN1C(=O)[C@@H](N)Cc1cnc[nH]1. The Bertz CT molecular complexity index is 1920. The van der Waals surface area contributed by atoms with Gasteiger partial charge in [0.25, 0.3) is 11.8 Å². The Balaban J connectivity index is 1.43. The summed E-state index contributed by atoms with van der Waals surface area (Å²) < 4.78 is 0. The lowest BCUT2D eigenvalue weighted by Gasteiger charge is -2.32. The van der Waals surface area contributed by atoms with Gasteiger partial charge in [0.1, 0.15) is 24.4 Å². The van der Waals surface area contributed by atoms with E-state index in [-0.39, 0.29) is 42.9 Å². The van der Waals surface area contributed by atoms with Crippen molar-refractivity contribution in [2.75, 3.05) is 12.3 Å². The molecule has 1 aliphatic rings. The quantitative estimate of drug-likeness (QED) is 0.0667. The summed E-state index contributed by atoms with van der Waals surface area (Å²) in [5.74, 6) is -3.35. The summed E-state index contributed by atoms with van der Waals surface area (Å²) in [5.41, 5.74) is 14.5. The Kier molecular flexibility index (Phi) is 13.6. The number of nitrogen functional groups attached to an aromatic ring is 1. The molecule has 0 bridgehead atoms. The summed E-state index contributed by atoms with van der Waals surface area (Å²) in [4.78, 5) is 99.2. The molecule has 8 N–H and O–H groups in total. The van der Waals surface area contributed by atoms with Crippen LogP contribution in [0.25, 0.3) is 0 Å². The molecular weight excluding hydrogens is 704 g/mol. The van der Waals surface area contributed by atoms with E-state index in [1.54, 1.807) is 42.6 Å². The first-order valence-corrected chi connectivity index (χ1v) is 18.3. The summed E-state index contributed by atoms with van der Waals surface area (Å²) in [6.07, 6.45) is 7.72. The number of nitrogens with one attached hydrogen (secondary N) is 4. The number of aldehydes is 1. The molecule has 2 aromatic carbocycles. The molecule has 3 heterocycles. The predicted molar refractivity (Wildman–Crippen MR) is 203 cm³/mol. The highest BCUT2D eigenvalue weighted by Gasteiger charge is 2.40. The van der Waals surface area contributed by atoms with E-state index in [0.717, 1.165) is 10.5 Å². The number of aromatic nitrogens is 4. The van der Waals surface area contributed by atoms with Crippen LogP contribution in [-0.4, -0.2) is 102 Å². The molecule has 0 unspecified atom stereocenters. The van der Waals surface area contributed by atoms with Gasteiger partial charge < -0.3 is 41.8 Å². The number of rotatable bonds is 17. The zero-order valence-electron chi connectivity index (χ0n) is 30.9. The number of aromatic amines is 2. The highest BCUT2D eigenvalue weighted by Crippen LogP contribution is 2.21. The van der Waals surface area contributed by atoms with Crippen LogP contribution in [0.1, 0.15) is 60.4 Å². The minimum Gasteiger partial charge on any atom is -0.399 e. The van der Waals surface area contributed by atoms with Crippen LogP contribution in [-0.2, 0) is 43.2 Å². The number of hydrogen-bond donors (Lipinski definition) is 6. The van der Waals surface area contributed by atoms with E-state index in [1.165, 1.54) is 35.9 Å². The molecule has 0 saturated carbocycles. The Morgan fingerprint density at radius 3 is 2.24 bits per heavy atom. The largest absolute Gasteiger partial charge is 0.399 e. The normalized spacial score (nSPS) is 16.1. The molecule has 1 fully saturated rings. The van der Waals surface area contributed by atoms with Crippen molar-refractivity contribution in [3.8, 4) is 0 Å². The number of amides is 5. The Morgan fingerprint density at radius 1 is 0.927 bits per heavy atom. The van der Waals surface area contributed by atoms with Gasteiger partial charge in [0, 0.05) is 60.8 Å². The first kappa shape index (κ1) is 40.0. The van der Waals surface area contributed by atoms with Crippen molar-refractivity contribution in [1.82, 2.24) is 40.4 Å². The van der Waals surface area contributed by atoms with Crippen molar-refractivity contribution in [3.05, 3.63) is 102 Å². The Morgan fingerprint density at radius 2 is 1.62 bits per heavy atom. The van der Waals surface area contributed by atoms with Crippen molar-refractivity contribution < 1.29 is 28.8 Å². The molecule has 5 amide bonds. The number of carbonyl (C=O) groups is 6. The molecule has 1 aliphatic heterocycles. The van der Waals surface area contributed by atoms with Crippen LogP contribution in [0.15, 0.2) is 79.6 Å². The number of carbonyl (C=O) groups excluding carboxylic acids is 6. The Hall–Kier alpha value is -6.16. The van der Waals surface area contributed by atoms with E-state index >= 15 is 0 Å². The van der Waals surface area contributed by atoms with E-state index in [2.05, 4.69) is 30.6 Å². The van der Waals surface area contributed by atoms with Crippen LogP contribution in [0, 0.1) is 5.92 Å². The van der Waals surface area contributed by atoms with Crippen LogP contribution in [0.4, 0.5) is 5.69 Å². The second kappa shape index (κ2) is 18.7. The fourth-order valence-corrected chi connectivity index (χ4v) is 6.75.